The number of Topliss-reactive ketones (excluding diaryl/α,β-unsaturated/α-hetero) is 1. The first-order valence-corrected chi connectivity index (χ1v) is 17.6. The van der Waals surface area contributed by atoms with Crippen LogP contribution < -0.4 is 39.4 Å². The van der Waals surface area contributed by atoms with Crippen LogP contribution in [0.5, 0.6) is 0 Å². The van der Waals surface area contributed by atoms with Gasteiger partial charge in [-0.25, -0.2) is 5.84 Å². The number of aliphatic hydroxyl groups is 2. The fraction of sp³-hybridized carbons (Fsp3) is 0.571. The lowest BCUT2D eigenvalue weighted by Gasteiger charge is -2.45. The lowest BCUT2D eigenvalue weighted by molar-refractivity contribution is -0.167. The zero-order valence-corrected chi connectivity index (χ0v) is 31.7. The Balaban J connectivity index is 4.00. The maximum absolute atomic E-state index is 15.1. The number of rotatable bonds is 23. The molecule has 0 bridgehead atoms. The van der Waals surface area contributed by atoms with Crippen LogP contribution in [0.25, 0.3) is 0 Å². The maximum Gasteiger partial charge on any atom is 0.256 e. The molecule has 0 saturated heterocycles. The fourth-order valence-corrected chi connectivity index (χ4v) is 5.91. The number of amides is 8. The van der Waals surface area contributed by atoms with Gasteiger partial charge in [0.15, 0.2) is 11.3 Å². The van der Waals surface area contributed by atoms with E-state index < -0.39 is 133 Å². The van der Waals surface area contributed by atoms with E-state index in [4.69, 9.17) is 28.8 Å². The quantitative estimate of drug-likeness (QED) is 0.0224. The van der Waals surface area contributed by atoms with Crippen molar-refractivity contribution in [2.24, 2.45) is 40.6 Å². The molecule has 1 unspecified atom stereocenters. The van der Waals surface area contributed by atoms with Crippen molar-refractivity contribution in [1.82, 2.24) is 20.5 Å². The van der Waals surface area contributed by atoms with Crippen molar-refractivity contribution < 1.29 is 53.4 Å². The van der Waals surface area contributed by atoms with Crippen LogP contribution in [0.3, 0.4) is 0 Å². The molecule has 0 aromatic heterocycles. The van der Waals surface area contributed by atoms with E-state index in [0.717, 1.165) is 12.5 Å². The van der Waals surface area contributed by atoms with Gasteiger partial charge in [-0.3, -0.25) is 53.1 Å². The number of hydrazine groups is 1. The van der Waals surface area contributed by atoms with Crippen LogP contribution in [-0.2, 0) is 49.6 Å². The number of hydrogen-bond acceptors (Lipinski definition) is 13. The van der Waals surface area contributed by atoms with Crippen molar-refractivity contribution in [3.63, 3.8) is 0 Å². The van der Waals surface area contributed by atoms with E-state index in [9.17, 15) is 48.6 Å². The van der Waals surface area contributed by atoms with Crippen LogP contribution in [0.4, 0.5) is 0 Å². The molecule has 0 radical (unpaired) electrons. The summed E-state index contributed by atoms with van der Waals surface area (Å²) in [4.78, 5) is 120. The number of nitrogens with zero attached hydrogens (tertiary/aromatic N) is 2. The number of hydrogen-bond donors (Lipinski definition) is 9. The van der Waals surface area contributed by atoms with Crippen molar-refractivity contribution in [3.05, 3.63) is 35.9 Å². The van der Waals surface area contributed by atoms with Crippen molar-refractivity contribution in [3.8, 4) is 0 Å². The van der Waals surface area contributed by atoms with Gasteiger partial charge in [0.25, 0.3) is 11.8 Å². The number of nitrogens with two attached hydrogens (primary N) is 5. The lowest BCUT2D eigenvalue weighted by Crippen LogP contribution is -2.75. The molecule has 0 aliphatic heterocycles. The zero-order valence-electron chi connectivity index (χ0n) is 31.7. The summed E-state index contributed by atoms with van der Waals surface area (Å²) in [5, 5.41) is 24.9. The van der Waals surface area contributed by atoms with Gasteiger partial charge < -0.3 is 43.8 Å². The summed E-state index contributed by atoms with van der Waals surface area (Å²) in [5.41, 5.74) is 19.7. The van der Waals surface area contributed by atoms with Gasteiger partial charge in [-0.15, -0.1) is 0 Å². The van der Waals surface area contributed by atoms with Gasteiger partial charge in [0, 0.05) is 13.3 Å². The molecular formula is C35H55N9O11. The highest BCUT2D eigenvalue weighted by Crippen LogP contribution is 2.31. The van der Waals surface area contributed by atoms with Crippen molar-refractivity contribution in [1.29, 1.82) is 0 Å². The standard InChI is InChI=1S/C35H55N9O11/c1-18(2)29(31(39)52)42-34(55)35(19(3)4,44(40)28(50)15-22(47)12-11-21-9-7-6-8-10-21)30(51)25(16-27(38)49)43(20(5)46)33(54)24(13-14-26(37)48)41-32(53)23(36)17-45/h6-10,18-19,22-25,29,45,47H,11-17,36,40H2,1-5H3,(H2,37,48)(H2,38,49)(H2,39,52)(H,41,53)(H,42,55)/t22?,23-,24-,25-,29-,35+/m0/s1. The minimum Gasteiger partial charge on any atom is -0.394 e. The molecule has 1 aromatic carbocycles. The van der Waals surface area contributed by atoms with Gasteiger partial charge >= 0.3 is 0 Å². The Morgan fingerprint density at radius 1 is 0.855 bits per heavy atom. The van der Waals surface area contributed by atoms with Gasteiger partial charge in [-0.05, 0) is 36.7 Å². The summed E-state index contributed by atoms with van der Waals surface area (Å²) in [7, 11) is 0. The molecule has 1 aromatic rings. The van der Waals surface area contributed by atoms with E-state index in [1.165, 1.54) is 27.7 Å². The number of ketones is 1. The summed E-state index contributed by atoms with van der Waals surface area (Å²) in [6.45, 7) is 5.50. The molecule has 1 rings (SSSR count). The molecule has 55 heavy (non-hydrogen) atoms. The third-order valence-corrected chi connectivity index (χ3v) is 8.90. The molecule has 0 fully saturated rings. The molecule has 0 aliphatic rings. The Labute approximate surface area is 318 Å². The normalized spacial score (nSPS) is 15.0. The second-order valence-corrected chi connectivity index (χ2v) is 13.8. The SMILES string of the molecule is CC(=O)N(C(=O)[C@H](CCC(N)=O)NC(=O)[C@@H](N)CO)[C@@H](CC(N)=O)C(=O)[C@@](C(=O)N[C@H](C(N)=O)C(C)C)(C(C)C)N(N)C(=O)CC(O)CCc1ccccc1. The largest absolute Gasteiger partial charge is 0.394 e. The summed E-state index contributed by atoms with van der Waals surface area (Å²) >= 11 is 0. The predicted molar refractivity (Wildman–Crippen MR) is 196 cm³/mol. The Hall–Kier alpha value is -5.31. The monoisotopic (exact) mass is 777 g/mol. The molecule has 0 aliphatic carbocycles. The summed E-state index contributed by atoms with van der Waals surface area (Å²) < 4.78 is 0. The average Bonchev–Trinajstić information content (AvgIpc) is 3.10. The van der Waals surface area contributed by atoms with Crippen LogP contribution in [-0.4, -0.2) is 116 Å². The zero-order chi connectivity index (χ0) is 42.4. The van der Waals surface area contributed by atoms with Crippen molar-refractivity contribution in [2.75, 3.05) is 6.61 Å². The number of carbonyl (C=O) groups is 9. The van der Waals surface area contributed by atoms with Gasteiger partial charge in [0.1, 0.15) is 24.2 Å². The third kappa shape index (κ3) is 12.9. The molecule has 20 nitrogen and oxygen atoms in total. The van der Waals surface area contributed by atoms with Crippen LogP contribution in [0.15, 0.2) is 30.3 Å². The van der Waals surface area contributed by atoms with Gasteiger partial charge in [0.2, 0.25) is 35.4 Å². The Morgan fingerprint density at radius 3 is 1.89 bits per heavy atom. The minimum atomic E-state index is -2.95. The maximum atomic E-state index is 15.1. The van der Waals surface area contributed by atoms with Crippen LogP contribution in [0, 0.1) is 11.8 Å². The number of aliphatic hydroxyl groups excluding tert-OH is 2. The molecule has 306 valence electrons. The van der Waals surface area contributed by atoms with Crippen LogP contribution in [0.2, 0.25) is 0 Å². The van der Waals surface area contributed by atoms with E-state index >= 15 is 4.79 Å². The molecule has 0 heterocycles. The predicted octanol–water partition coefficient (Wildman–Crippen LogP) is -3.65. The Morgan fingerprint density at radius 2 is 1.44 bits per heavy atom. The highest BCUT2D eigenvalue weighted by atomic mass is 16.3. The summed E-state index contributed by atoms with van der Waals surface area (Å²) in [6, 6.07) is 1.77. The van der Waals surface area contributed by atoms with E-state index in [1.807, 2.05) is 0 Å². The van der Waals surface area contributed by atoms with Crippen molar-refractivity contribution >= 4 is 53.0 Å². The molecule has 20 heteroatoms. The third-order valence-electron chi connectivity index (χ3n) is 8.90. The number of carbonyl (C=O) groups excluding carboxylic acids is 9. The molecular weight excluding hydrogens is 722 g/mol. The minimum absolute atomic E-state index is 0.0464. The van der Waals surface area contributed by atoms with Crippen molar-refractivity contribution in [2.45, 2.75) is 109 Å². The number of benzene rings is 1. The summed E-state index contributed by atoms with van der Waals surface area (Å²) in [6.07, 6.45) is -3.97. The smallest absolute Gasteiger partial charge is 0.256 e. The fourth-order valence-electron chi connectivity index (χ4n) is 5.91. The number of nitrogens with one attached hydrogen (secondary N) is 2. The first-order chi connectivity index (χ1) is 25.5. The summed E-state index contributed by atoms with van der Waals surface area (Å²) in [5.74, 6) is -6.71. The first kappa shape index (κ1) is 47.7. The molecule has 0 saturated carbocycles. The topological polar surface area (TPSA) is 355 Å². The second-order valence-electron chi connectivity index (χ2n) is 13.8. The second kappa shape index (κ2) is 21.5. The van der Waals surface area contributed by atoms with E-state index in [2.05, 4.69) is 10.6 Å². The van der Waals surface area contributed by atoms with Crippen LogP contribution in [0.1, 0.15) is 72.3 Å². The van der Waals surface area contributed by atoms with E-state index in [-0.39, 0.29) is 16.3 Å². The van der Waals surface area contributed by atoms with E-state index in [1.54, 1.807) is 30.3 Å². The first-order valence-electron chi connectivity index (χ1n) is 17.6. The Kier molecular flexibility index (Phi) is 18.7. The number of primary amides is 3. The average molecular weight is 778 g/mol. The molecule has 8 amide bonds. The highest BCUT2D eigenvalue weighted by Gasteiger charge is 2.59. The van der Waals surface area contributed by atoms with Gasteiger partial charge in [-0.1, -0.05) is 58.0 Å². The Bertz CT molecular complexity index is 1570. The molecule has 6 atom stereocenters. The molecule has 0 spiro atoms. The number of imide groups is 1. The highest BCUT2D eigenvalue weighted by molar-refractivity contribution is 6.18. The van der Waals surface area contributed by atoms with Gasteiger partial charge in [0.05, 0.1) is 25.6 Å². The van der Waals surface area contributed by atoms with E-state index in [0.29, 0.717) is 6.42 Å². The number of aryl methyl sites for hydroxylation is 1. The van der Waals surface area contributed by atoms with Crippen LogP contribution >= 0.6 is 0 Å². The lowest BCUT2D eigenvalue weighted by atomic mass is 9.76. The van der Waals surface area contributed by atoms with Gasteiger partial charge in [-0.2, -0.15) is 0 Å². The molecule has 14 N–H and O–H groups in total.